The van der Waals surface area contributed by atoms with Gasteiger partial charge in [0.2, 0.25) is 26.0 Å². The topological polar surface area (TPSA) is 121 Å². The van der Waals surface area contributed by atoms with E-state index in [4.69, 9.17) is 0 Å². The van der Waals surface area contributed by atoms with E-state index in [0.717, 1.165) is 11.8 Å². The third-order valence-corrected chi connectivity index (χ3v) is 7.25. The molecule has 0 fully saturated rings. The highest BCUT2D eigenvalue weighted by molar-refractivity contribution is 7.92. The van der Waals surface area contributed by atoms with Gasteiger partial charge in [0.05, 0.1) is 4.90 Å². The van der Waals surface area contributed by atoms with Crippen LogP contribution in [0.15, 0.2) is 64.9 Å². The van der Waals surface area contributed by atoms with Crippen LogP contribution in [0.2, 0.25) is 0 Å². The highest BCUT2D eigenvalue weighted by Gasteiger charge is 2.26. The minimum absolute atomic E-state index is 0.0175. The van der Waals surface area contributed by atoms with Gasteiger partial charge in [0.1, 0.15) is 6.04 Å². The van der Waals surface area contributed by atoms with Crippen LogP contribution in [0.25, 0.3) is 6.08 Å². The third kappa shape index (κ3) is 8.73. The van der Waals surface area contributed by atoms with Crippen molar-refractivity contribution in [3.05, 3.63) is 65.6 Å². The Balaban J connectivity index is 2.13. The molecule has 0 unspecified atom stereocenters. The lowest BCUT2D eigenvalue weighted by Gasteiger charge is -2.21. The van der Waals surface area contributed by atoms with Crippen molar-refractivity contribution in [2.45, 2.75) is 44.6 Å². The standard InChI is InChI=1S/C23H31N3O5S2/c1-4-5-15-24-33(30,31)21-13-9-12-20(17-21)25-23(27)22(18(2)3)26-32(28,29)16-14-19-10-7-6-8-11-19/h6-14,16-18,22,24,26H,4-5,15H2,1-3H3,(H,25,27)/b16-14+/t22-/m0/s1. The molecule has 0 aliphatic rings. The number of rotatable bonds is 12. The van der Waals surface area contributed by atoms with E-state index in [2.05, 4.69) is 14.8 Å². The Morgan fingerprint density at radius 3 is 2.33 bits per heavy atom. The molecule has 0 saturated carbocycles. The Morgan fingerprint density at radius 2 is 1.70 bits per heavy atom. The minimum atomic E-state index is -3.90. The second-order valence-corrected chi connectivity index (χ2v) is 11.2. The second kappa shape index (κ2) is 12.1. The van der Waals surface area contributed by atoms with Crippen LogP contribution in [0.3, 0.4) is 0 Å². The van der Waals surface area contributed by atoms with Crippen molar-refractivity contribution in [3.63, 3.8) is 0 Å². The summed E-state index contributed by atoms with van der Waals surface area (Å²) in [5.74, 6) is -0.942. The van der Waals surface area contributed by atoms with Crippen LogP contribution in [0, 0.1) is 5.92 Å². The predicted octanol–water partition coefficient (Wildman–Crippen LogP) is 3.32. The summed E-state index contributed by atoms with van der Waals surface area (Å²) in [5, 5.41) is 3.63. The Morgan fingerprint density at radius 1 is 1.00 bits per heavy atom. The average molecular weight is 494 g/mol. The van der Waals surface area contributed by atoms with Crippen molar-refractivity contribution < 1.29 is 21.6 Å². The van der Waals surface area contributed by atoms with Crippen LogP contribution >= 0.6 is 0 Å². The number of carbonyl (C=O) groups is 1. The molecule has 2 rings (SSSR count). The summed E-state index contributed by atoms with van der Waals surface area (Å²) in [6.07, 6.45) is 3.01. The number of hydrogen-bond donors (Lipinski definition) is 3. The average Bonchev–Trinajstić information content (AvgIpc) is 2.77. The first-order valence-electron chi connectivity index (χ1n) is 10.7. The SMILES string of the molecule is CCCCNS(=O)(=O)c1cccc(NC(=O)[C@@H](NS(=O)(=O)/C=C/c2ccccc2)C(C)C)c1. The molecule has 180 valence electrons. The van der Waals surface area contributed by atoms with E-state index in [1.807, 2.05) is 13.0 Å². The van der Waals surface area contributed by atoms with Crippen LogP contribution in [-0.2, 0) is 24.8 Å². The predicted molar refractivity (Wildman–Crippen MR) is 131 cm³/mol. The number of anilines is 1. The zero-order valence-electron chi connectivity index (χ0n) is 19.0. The minimum Gasteiger partial charge on any atom is -0.325 e. The highest BCUT2D eigenvalue weighted by atomic mass is 32.2. The van der Waals surface area contributed by atoms with Crippen LogP contribution < -0.4 is 14.8 Å². The molecule has 2 aromatic rings. The van der Waals surface area contributed by atoms with Gasteiger partial charge in [0.15, 0.2) is 0 Å². The molecule has 33 heavy (non-hydrogen) atoms. The van der Waals surface area contributed by atoms with Gasteiger partial charge in [-0.05, 0) is 42.2 Å². The van der Waals surface area contributed by atoms with E-state index < -0.39 is 32.0 Å². The van der Waals surface area contributed by atoms with Gasteiger partial charge < -0.3 is 5.32 Å². The van der Waals surface area contributed by atoms with Crippen LogP contribution in [0.1, 0.15) is 39.2 Å². The van der Waals surface area contributed by atoms with Gasteiger partial charge in [0.25, 0.3) is 0 Å². The van der Waals surface area contributed by atoms with Gasteiger partial charge in [-0.2, -0.15) is 4.72 Å². The van der Waals surface area contributed by atoms with Crippen molar-refractivity contribution in [1.82, 2.24) is 9.44 Å². The molecule has 10 heteroatoms. The molecular formula is C23H31N3O5S2. The highest BCUT2D eigenvalue weighted by Crippen LogP contribution is 2.17. The molecule has 0 saturated heterocycles. The van der Waals surface area contributed by atoms with Crippen molar-refractivity contribution in [2.75, 3.05) is 11.9 Å². The first kappa shape index (κ1) is 26.7. The van der Waals surface area contributed by atoms with Gasteiger partial charge in [-0.25, -0.2) is 21.6 Å². The maximum atomic E-state index is 12.9. The summed E-state index contributed by atoms with van der Waals surface area (Å²) in [5.41, 5.74) is 0.960. The molecule has 0 aliphatic carbocycles. The Kier molecular flexibility index (Phi) is 9.78. The normalized spacial score (nSPS) is 13.3. The van der Waals surface area contributed by atoms with E-state index >= 15 is 0 Å². The number of unbranched alkanes of at least 4 members (excludes halogenated alkanes) is 1. The number of carbonyl (C=O) groups excluding carboxylic acids is 1. The van der Waals surface area contributed by atoms with Gasteiger partial charge in [0, 0.05) is 17.6 Å². The number of benzene rings is 2. The summed E-state index contributed by atoms with van der Waals surface area (Å²) in [4.78, 5) is 12.9. The van der Waals surface area contributed by atoms with Crippen LogP contribution in [-0.4, -0.2) is 35.3 Å². The summed E-state index contributed by atoms with van der Waals surface area (Å²) >= 11 is 0. The first-order chi connectivity index (χ1) is 15.5. The summed E-state index contributed by atoms with van der Waals surface area (Å²) < 4.78 is 54.8. The fourth-order valence-corrected chi connectivity index (χ4v) is 5.14. The van der Waals surface area contributed by atoms with E-state index in [1.54, 1.807) is 44.2 Å². The molecular weight excluding hydrogens is 462 g/mol. The van der Waals surface area contributed by atoms with E-state index in [9.17, 15) is 21.6 Å². The molecule has 1 amide bonds. The first-order valence-corrected chi connectivity index (χ1v) is 13.7. The molecule has 0 spiro atoms. The maximum Gasteiger partial charge on any atom is 0.242 e. The second-order valence-electron chi connectivity index (χ2n) is 7.87. The number of nitrogens with one attached hydrogen (secondary N) is 3. The van der Waals surface area contributed by atoms with Crippen molar-refractivity contribution >= 4 is 37.7 Å². The maximum absolute atomic E-state index is 12.9. The van der Waals surface area contributed by atoms with E-state index in [0.29, 0.717) is 18.5 Å². The number of sulfonamides is 2. The largest absolute Gasteiger partial charge is 0.325 e. The Labute approximate surface area is 196 Å². The van der Waals surface area contributed by atoms with Crippen LogP contribution in [0.5, 0.6) is 0 Å². The monoisotopic (exact) mass is 493 g/mol. The van der Waals surface area contributed by atoms with Gasteiger partial charge in [-0.1, -0.05) is 63.6 Å². The molecule has 0 aromatic heterocycles. The van der Waals surface area contributed by atoms with E-state index in [1.165, 1.54) is 24.3 Å². The van der Waals surface area contributed by atoms with Crippen molar-refractivity contribution in [1.29, 1.82) is 0 Å². The number of hydrogen-bond acceptors (Lipinski definition) is 5. The lowest BCUT2D eigenvalue weighted by atomic mass is 10.0. The van der Waals surface area contributed by atoms with Gasteiger partial charge >= 0.3 is 0 Å². The van der Waals surface area contributed by atoms with Crippen molar-refractivity contribution in [3.8, 4) is 0 Å². The lowest BCUT2D eigenvalue weighted by molar-refractivity contribution is -0.118. The van der Waals surface area contributed by atoms with Gasteiger partial charge in [-0.3, -0.25) is 4.79 Å². The molecule has 8 nitrogen and oxygen atoms in total. The fourth-order valence-electron chi connectivity index (χ4n) is 2.87. The molecule has 0 heterocycles. The Hall–Kier alpha value is -2.53. The quantitative estimate of drug-likeness (QED) is 0.392. The molecule has 2 aromatic carbocycles. The zero-order valence-corrected chi connectivity index (χ0v) is 20.6. The number of amides is 1. The molecule has 0 bridgehead atoms. The van der Waals surface area contributed by atoms with Crippen molar-refractivity contribution in [2.24, 2.45) is 5.92 Å². The zero-order chi connectivity index (χ0) is 24.5. The van der Waals surface area contributed by atoms with E-state index in [-0.39, 0.29) is 16.5 Å². The molecule has 0 radical (unpaired) electrons. The Bertz CT molecular complexity index is 1160. The summed E-state index contributed by atoms with van der Waals surface area (Å²) in [7, 11) is -7.61. The molecule has 3 N–H and O–H groups in total. The fraction of sp³-hybridized carbons (Fsp3) is 0.348. The summed E-state index contributed by atoms with van der Waals surface area (Å²) in [6, 6.07) is 13.7. The molecule has 0 aliphatic heterocycles. The summed E-state index contributed by atoms with van der Waals surface area (Å²) in [6.45, 7) is 5.71. The molecule has 1 atom stereocenters. The smallest absolute Gasteiger partial charge is 0.242 e. The van der Waals surface area contributed by atoms with Gasteiger partial charge in [-0.15, -0.1) is 0 Å². The van der Waals surface area contributed by atoms with Crippen LogP contribution in [0.4, 0.5) is 5.69 Å². The lowest BCUT2D eigenvalue weighted by Crippen LogP contribution is -2.46. The third-order valence-electron chi connectivity index (χ3n) is 4.71.